The molecule has 3 aromatic heterocycles. The highest BCUT2D eigenvalue weighted by atomic mass is 16.1. The average molecular weight is 267 g/mol. The first-order valence-electron chi connectivity index (χ1n) is 6.22. The molecule has 0 atom stereocenters. The summed E-state index contributed by atoms with van der Waals surface area (Å²) in [7, 11) is 0. The quantitative estimate of drug-likeness (QED) is 0.777. The van der Waals surface area contributed by atoms with Gasteiger partial charge < -0.3 is 5.32 Å². The van der Waals surface area contributed by atoms with Crippen LogP contribution in [-0.2, 0) is 6.54 Å². The van der Waals surface area contributed by atoms with E-state index in [1.165, 1.54) is 12.4 Å². The van der Waals surface area contributed by atoms with Crippen molar-refractivity contribution in [2.45, 2.75) is 13.5 Å². The minimum absolute atomic E-state index is 0.188. The van der Waals surface area contributed by atoms with E-state index in [-0.39, 0.29) is 5.91 Å². The first-order chi connectivity index (χ1) is 9.74. The Bertz CT molecular complexity index is 748. The van der Waals surface area contributed by atoms with Gasteiger partial charge in [-0.15, -0.1) is 0 Å². The third-order valence-corrected chi connectivity index (χ3v) is 3.01. The molecular formula is C14H13N5O. The summed E-state index contributed by atoms with van der Waals surface area (Å²) in [6, 6.07) is 5.77. The minimum atomic E-state index is -0.188. The topological polar surface area (TPSA) is 72.2 Å². The standard InChI is InChI=1S/C14H13N5O/c1-10-15-8-12(9-16-10)14(20)17-7-11-3-2-6-19-13(11)4-5-18-19/h2-6,8-9H,7H2,1H3,(H,17,20). The number of amides is 1. The molecular weight excluding hydrogens is 254 g/mol. The Labute approximate surface area is 115 Å². The number of hydrogen-bond acceptors (Lipinski definition) is 4. The van der Waals surface area contributed by atoms with E-state index >= 15 is 0 Å². The van der Waals surface area contributed by atoms with Crippen molar-refractivity contribution in [1.29, 1.82) is 0 Å². The van der Waals surface area contributed by atoms with Gasteiger partial charge in [0.15, 0.2) is 0 Å². The largest absolute Gasteiger partial charge is 0.348 e. The molecule has 0 aliphatic heterocycles. The predicted octanol–water partition coefficient (Wildman–Crippen LogP) is 1.36. The molecule has 6 nitrogen and oxygen atoms in total. The second-order valence-corrected chi connectivity index (χ2v) is 4.40. The summed E-state index contributed by atoms with van der Waals surface area (Å²) in [6.45, 7) is 2.21. The van der Waals surface area contributed by atoms with Crippen LogP contribution in [0.25, 0.3) is 5.52 Å². The van der Waals surface area contributed by atoms with Gasteiger partial charge in [-0.2, -0.15) is 5.10 Å². The van der Waals surface area contributed by atoms with Crippen LogP contribution in [0.1, 0.15) is 21.7 Å². The van der Waals surface area contributed by atoms with Gasteiger partial charge in [-0.05, 0) is 24.6 Å². The highest BCUT2D eigenvalue weighted by molar-refractivity contribution is 5.93. The third-order valence-electron chi connectivity index (χ3n) is 3.01. The lowest BCUT2D eigenvalue weighted by Gasteiger charge is -2.06. The van der Waals surface area contributed by atoms with E-state index in [2.05, 4.69) is 20.4 Å². The van der Waals surface area contributed by atoms with Crippen molar-refractivity contribution in [2.24, 2.45) is 0 Å². The van der Waals surface area contributed by atoms with Gasteiger partial charge in [0.1, 0.15) is 5.82 Å². The second-order valence-electron chi connectivity index (χ2n) is 4.40. The number of aromatic nitrogens is 4. The monoisotopic (exact) mass is 267 g/mol. The molecule has 0 aliphatic rings. The molecule has 0 spiro atoms. The molecule has 0 unspecified atom stereocenters. The van der Waals surface area contributed by atoms with E-state index in [0.717, 1.165) is 11.1 Å². The number of hydrogen-bond donors (Lipinski definition) is 1. The summed E-state index contributed by atoms with van der Waals surface area (Å²) in [6.07, 6.45) is 6.65. The molecule has 20 heavy (non-hydrogen) atoms. The Morgan fingerprint density at radius 1 is 1.30 bits per heavy atom. The van der Waals surface area contributed by atoms with Crippen molar-refractivity contribution in [3.8, 4) is 0 Å². The molecule has 100 valence electrons. The number of nitrogens with zero attached hydrogens (tertiary/aromatic N) is 4. The fourth-order valence-corrected chi connectivity index (χ4v) is 1.95. The molecule has 0 fully saturated rings. The summed E-state index contributed by atoms with van der Waals surface area (Å²) < 4.78 is 1.77. The fraction of sp³-hybridized carbons (Fsp3) is 0.143. The minimum Gasteiger partial charge on any atom is -0.348 e. The summed E-state index contributed by atoms with van der Waals surface area (Å²) >= 11 is 0. The molecule has 0 saturated heterocycles. The zero-order valence-corrected chi connectivity index (χ0v) is 10.9. The van der Waals surface area contributed by atoms with Crippen molar-refractivity contribution < 1.29 is 4.79 Å². The summed E-state index contributed by atoms with van der Waals surface area (Å²) in [5.41, 5.74) is 2.44. The smallest absolute Gasteiger partial charge is 0.254 e. The van der Waals surface area contributed by atoms with Crippen molar-refractivity contribution >= 4 is 11.4 Å². The number of pyridine rings is 1. The first-order valence-corrected chi connectivity index (χ1v) is 6.22. The number of carbonyl (C=O) groups is 1. The lowest BCUT2D eigenvalue weighted by atomic mass is 10.2. The Hall–Kier alpha value is -2.76. The SMILES string of the molecule is Cc1ncc(C(=O)NCc2cccn3nccc23)cn1. The second kappa shape index (κ2) is 5.08. The Morgan fingerprint density at radius 2 is 2.10 bits per heavy atom. The van der Waals surface area contributed by atoms with Crippen LogP contribution in [-0.4, -0.2) is 25.5 Å². The fourth-order valence-electron chi connectivity index (χ4n) is 1.95. The zero-order valence-electron chi connectivity index (χ0n) is 10.9. The lowest BCUT2D eigenvalue weighted by Crippen LogP contribution is -2.23. The Morgan fingerprint density at radius 3 is 2.90 bits per heavy atom. The molecule has 1 N–H and O–H groups in total. The third kappa shape index (κ3) is 2.35. The predicted molar refractivity (Wildman–Crippen MR) is 73.1 cm³/mol. The molecule has 1 amide bonds. The molecule has 3 rings (SSSR count). The van der Waals surface area contributed by atoms with Gasteiger partial charge in [0.05, 0.1) is 11.1 Å². The normalized spacial score (nSPS) is 10.7. The highest BCUT2D eigenvalue weighted by Gasteiger charge is 2.07. The summed E-state index contributed by atoms with van der Waals surface area (Å²) in [5, 5.41) is 7.01. The lowest BCUT2D eigenvalue weighted by molar-refractivity contribution is 0.0950. The van der Waals surface area contributed by atoms with Crippen LogP contribution in [0.2, 0.25) is 0 Å². The first kappa shape index (κ1) is 12.3. The number of fused-ring (bicyclic) bond motifs is 1. The summed E-state index contributed by atoms with van der Waals surface area (Å²) in [4.78, 5) is 20.0. The van der Waals surface area contributed by atoms with E-state index < -0.39 is 0 Å². The van der Waals surface area contributed by atoms with Crippen LogP contribution in [0, 0.1) is 6.92 Å². The Balaban J connectivity index is 1.74. The molecule has 3 aromatic rings. The number of nitrogens with one attached hydrogen (secondary N) is 1. The van der Waals surface area contributed by atoms with E-state index in [0.29, 0.717) is 17.9 Å². The van der Waals surface area contributed by atoms with Gasteiger partial charge in [-0.1, -0.05) is 6.07 Å². The number of rotatable bonds is 3. The van der Waals surface area contributed by atoms with Crippen LogP contribution < -0.4 is 5.32 Å². The van der Waals surface area contributed by atoms with E-state index in [1.807, 2.05) is 24.4 Å². The molecule has 0 bridgehead atoms. The van der Waals surface area contributed by atoms with Crippen molar-refractivity contribution in [3.05, 3.63) is 59.9 Å². The van der Waals surface area contributed by atoms with Crippen LogP contribution >= 0.6 is 0 Å². The van der Waals surface area contributed by atoms with Crippen molar-refractivity contribution in [2.75, 3.05) is 0 Å². The van der Waals surface area contributed by atoms with Gasteiger partial charge in [0.2, 0.25) is 0 Å². The van der Waals surface area contributed by atoms with Gasteiger partial charge in [0, 0.05) is 31.3 Å². The molecule has 0 saturated carbocycles. The van der Waals surface area contributed by atoms with E-state index in [4.69, 9.17) is 0 Å². The van der Waals surface area contributed by atoms with Crippen molar-refractivity contribution in [3.63, 3.8) is 0 Å². The summed E-state index contributed by atoms with van der Waals surface area (Å²) in [5.74, 6) is 0.456. The van der Waals surface area contributed by atoms with Gasteiger partial charge in [0.25, 0.3) is 5.91 Å². The molecule has 0 aromatic carbocycles. The van der Waals surface area contributed by atoms with E-state index in [1.54, 1.807) is 17.6 Å². The molecule has 3 heterocycles. The van der Waals surface area contributed by atoms with Gasteiger partial charge >= 0.3 is 0 Å². The maximum absolute atomic E-state index is 12.0. The maximum Gasteiger partial charge on any atom is 0.254 e. The Kier molecular flexibility index (Phi) is 3.12. The van der Waals surface area contributed by atoms with Gasteiger partial charge in [-0.3, -0.25) is 4.79 Å². The van der Waals surface area contributed by atoms with Crippen LogP contribution in [0.3, 0.4) is 0 Å². The van der Waals surface area contributed by atoms with Crippen molar-refractivity contribution in [1.82, 2.24) is 24.9 Å². The van der Waals surface area contributed by atoms with Crippen LogP contribution in [0.4, 0.5) is 0 Å². The molecule has 0 radical (unpaired) electrons. The number of carbonyl (C=O) groups excluding carboxylic acids is 1. The van der Waals surface area contributed by atoms with Crippen LogP contribution in [0.15, 0.2) is 43.0 Å². The highest BCUT2D eigenvalue weighted by Crippen LogP contribution is 2.09. The zero-order chi connectivity index (χ0) is 13.9. The molecule has 0 aliphatic carbocycles. The molecule has 6 heteroatoms. The number of aryl methyl sites for hydroxylation is 1. The van der Waals surface area contributed by atoms with E-state index in [9.17, 15) is 4.79 Å². The average Bonchev–Trinajstić information content (AvgIpc) is 2.94. The van der Waals surface area contributed by atoms with Gasteiger partial charge in [-0.25, -0.2) is 14.5 Å². The maximum atomic E-state index is 12.0. The van der Waals surface area contributed by atoms with Crippen LogP contribution in [0.5, 0.6) is 0 Å².